The summed E-state index contributed by atoms with van der Waals surface area (Å²) < 4.78 is 0. The first-order chi connectivity index (χ1) is 4.72. The van der Waals surface area contributed by atoms with E-state index in [0.717, 1.165) is 24.8 Å². The Bertz CT molecular complexity index is 130. The van der Waals surface area contributed by atoms with Crippen molar-refractivity contribution in [2.24, 2.45) is 0 Å². The molecule has 0 aromatic rings. The molecular weight excluding hydrogens is 124 g/mol. The maximum absolute atomic E-state index is 9.10. The van der Waals surface area contributed by atoms with Gasteiger partial charge in [-0.3, -0.25) is 0 Å². The third kappa shape index (κ3) is 3.49. The van der Waals surface area contributed by atoms with Crippen LogP contribution < -0.4 is 0 Å². The minimum Gasteiger partial charge on any atom is -0.388 e. The van der Waals surface area contributed by atoms with E-state index in [0.29, 0.717) is 0 Å². The molecule has 0 aliphatic heterocycles. The van der Waals surface area contributed by atoms with Crippen molar-refractivity contribution >= 4 is 0 Å². The first kappa shape index (κ1) is 9.48. The zero-order chi connectivity index (χ0) is 7.98. The molecule has 0 aromatic heterocycles. The molecule has 0 rings (SSSR count). The third-order valence-corrected chi connectivity index (χ3v) is 1.53. The lowest BCUT2D eigenvalue weighted by Crippen LogP contribution is -2.02. The molecule has 0 saturated heterocycles. The van der Waals surface area contributed by atoms with Crippen LogP contribution in [-0.4, -0.2) is 11.2 Å². The van der Waals surface area contributed by atoms with Gasteiger partial charge in [-0.05, 0) is 25.3 Å². The van der Waals surface area contributed by atoms with Crippen LogP contribution in [0, 0.1) is 0 Å². The highest BCUT2D eigenvalue weighted by Gasteiger charge is 2.01. The lowest BCUT2D eigenvalue weighted by atomic mass is 10.1. The average molecular weight is 140 g/mol. The molecule has 1 atom stereocenters. The molecule has 0 amide bonds. The average Bonchev–Trinajstić information content (AvgIpc) is 1.89. The Kier molecular flexibility index (Phi) is 5.00. The lowest BCUT2D eigenvalue weighted by molar-refractivity contribution is 0.226. The summed E-state index contributed by atoms with van der Waals surface area (Å²) in [7, 11) is 0. The second-order valence-electron chi connectivity index (χ2n) is 2.48. The van der Waals surface area contributed by atoms with Gasteiger partial charge in [0.1, 0.15) is 0 Å². The maximum Gasteiger partial charge on any atom is 0.0795 e. The summed E-state index contributed by atoms with van der Waals surface area (Å²) in [5.41, 5.74) is 3.69. The standard InChI is InChI=1S/C9H16O/c1-4-6-7-9(5-2)8(3)10/h8,10H,2,4,6-7H2,1,3H3/t8-/m0/s1. The van der Waals surface area contributed by atoms with E-state index in [-0.39, 0.29) is 6.10 Å². The maximum atomic E-state index is 9.10. The van der Waals surface area contributed by atoms with E-state index in [9.17, 15) is 0 Å². The molecule has 0 unspecified atom stereocenters. The van der Waals surface area contributed by atoms with E-state index in [2.05, 4.69) is 19.2 Å². The monoisotopic (exact) mass is 140 g/mol. The Hall–Kier alpha value is -0.520. The van der Waals surface area contributed by atoms with Gasteiger partial charge < -0.3 is 5.11 Å². The zero-order valence-electron chi connectivity index (χ0n) is 6.85. The van der Waals surface area contributed by atoms with Crippen molar-refractivity contribution < 1.29 is 5.11 Å². The van der Waals surface area contributed by atoms with Crippen LogP contribution in [0.4, 0.5) is 0 Å². The minimum absolute atomic E-state index is 0.371. The molecule has 0 aliphatic carbocycles. The van der Waals surface area contributed by atoms with Crippen LogP contribution in [-0.2, 0) is 0 Å². The van der Waals surface area contributed by atoms with Crippen LogP contribution in [0.2, 0.25) is 0 Å². The van der Waals surface area contributed by atoms with Gasteiger partial charge in [-0.2, -0.15) is 0 Å². The summed E-state index contributed by atoms with van der Waals surface area (Å²) in [5.74, 6) is 0. The highest BCUT2D eigenvalue weighted by Crippen LogP contribution is 2.09. The summed E-state index contributed by atoms with van der Waals surface area (Å²) in [5, 5.41) is 9.10. The summed E-state index contributed by atoms with van der Waals surface area (Å²) >= 11 is 0. The molecule has 10 heavy (non-hydrogen) atoms. The van der Waals surface area contributed by atoms with E-state index in [1.54, 1.807) is 6.92 Å². The van der Waals surface area contributed by atoms with Crippen LogP contribution in [0.5, 0.6) is 0 Å². The van der Waals surface area contributed by atoms with E-state index < -0.39 is 0 Å². The molecule has 0 heterocycles. The Labute approximate surface area is 63.1 Å². The summed E-state index contributed by atoms with van der Waals surface area (Å²) in [6.45, 7) is 7.39. The molecule has 0 saturated carbocycles. The Morgan fingerprint density at radius 2 is 2.30 bits per heavy atom. The van der Waals surface area contributed by atoms with Gasteiger partial charge in [-0.1, -0.05) is 19.9 Å². The largest absolute Gasteiger partial charge is 0.388 e. The van der Waals surface area contributed by atoms with Gasteiger partial charge in [0.2, 0.25) is 0 Å². The number of rotatable bonds is 4. The third-order valence-electron chi connectivity index (χ3n) is 1.53. The number of hydrogen-bond acceptors (Lipinski definition) is 1. The Balaban J connectivity index is 3.75. The highest BCUT2D eigenvalue weighted by molar-refractivity contribution is 5.03. The fourth-order valence-corrected chi connectivity index (χ4v) is 0.812. The molecule has 1 nitrogen and oxygen atoms in total. The fraction of sp³-hybridized carbons (Fsp3) is 0.667. The van der Waals surface area contributed by atoms with Gasteiger partial charge in [-0.15, -0.1) is 5.73 Å². The van der Waals surface area contributed by atoms with Crippen molar-refractivity contribution in [3.8, 4) is 0 Å². The van der Waals surface area contributed by atoms with Crippen molar-refractivity contribution in [2.45, 2.75) is 39.2 Å². The number of unbranched alkanes of at least 4 members (excludes halogenated alkanes) is 1. The molecule has 0 radical (unpaired) electrons. The second kappa shape index (κ2) is 5.28. The SMILES string of the molecule is C=C=C(CCCC)[C@H](C)O. The molecule has 0 bridgehead atoms. The predicted molar refractivity (Wildman–Crippen MR) is 43.9 cm³/mol. The van der Waals surface area contributed by atoms with Gasteiger partial charge in [-0.25, -0.2) is 0 Å². The van der Waals surface area contributed by atoms with Crippen molar-refractivity contribution in [3.63, 3.8) is 0 Å². The normalized spacial score (nSPS) is 12.3. The van der Waals surface area contributed by atoms with E-state index >= 15 is 0 Å². The summed E-state index contributed by atoms with van der Waals surface area (Å²) in [6.07, 6.45) is 2.82. The first-order valence-corrected chi connectivity index (χ1v) is 3.79. The van der Waals surface area contributed by atoms with Crippen molar-refractivity contribution in [2.75, 3.05) is 0 Å². The summed E-state index contributed by atoms with van der Waals surface area (Å²) in [4.78, 5) is 0. The second-order valence-corrected chi connectivity index (χ2v) is 2.48. The van der Waals surface area contributed by atoms with Crippen LogP contribution in [0.25, 0.3) is 0 Å². The van der Waals surface area contributed by atoms with Crippen molar-refractivity contribution in [1.29, 1.82) is 0 Å². The number of aliphatic hydroxyl groups excluding tert-OH is 1. The molecule has 0 aromatic carbocycles. The molecule has 1 heteroatoms. The van der Waals surface area contributed by atoms with Gasteiger partial charge in [0.25, 0.3) is 0 Å². The van der Waals surface area contributed by atoms with Gasteiger partial charge in [0.05, 0.1) is 6.10 Å². The Morgan fingerprint density at radius 1 is 1.70 bits per heavy atom. The van der Waals surface area contributed by atoms with Crippen LogP contribution >= 0.6 is 0 Å². The molecule has 0 fully saturated rings. The zero-order valence-corrected chi connectivity index (χ0v) is 6.85. The number of aliphatic hydroxyl groups is 1. The minimum atomic E-state index is -0.371. The van der Waals surface area contributed by atoms with Gasteiger partial charge >= 0.3 is 0 Å². The first-order valence-electron chi connectivity index (χ1n) is 3.79. The van der Waals surface area contributed by atoms with Crippen LogP contribution in [0.1, 0.15) is 33.1 Å². The molecule has 1 N–H and O–H groups in total. The highest BCUT2D eigenvalue weighted by atomic mass is 16.3. The lowest BCUT2D eigenvalue weighted by Gasteiger charge is -2.05. The molecular formula is C9H16O. The molecule has 58 valence electrons. The van der Waals surface area contributed by atoms with Gasteiger partial charge in [0, 0.05) is 0 Å². The van der Waals surface area contributed by atoms with Crippen molar-refractivity contribution in [3.05, 3.63) is 17.9 Å². The molecule has 0 aliphatic rings. The number of hydrogen-bond donors (Lipinski definition) is 1. The van der Waals surface area contributed by atoms with Gasteiger partial charge in [0.15, 0.2) is 0 Å². The fourth-order valence-electron chi connectivity index (χ4n) is 0.812. The van der Waals surface area contributed by atoms with Crippen LogP contribution in [0.3, 0.4) is 0 Å². The smallest absolute Gasteiger partial charge is 0.0795 e. The van der Waals surface area contributed by atoms with E-state index in [1.807, 2.05) is 0 Å². The van der Waals surface area contributed by atoms with Crippen molar-refractivity contribution in [1.82, 2.24) is 0 Å². The van der Waals surface area contributed by atoms with E-state index in [4.69, 9.17) is 5.11 Å². The Morgan fingerprint density at radius 3 is 2.60 bits per heavy atom. The molecule has 0 spiro atoms. The predicted octanol–water partition coefficient (Wildman–Crippen LogP) is 2.27. The summed E-state index contributed by atoms with van der Waals surface area (Å²) in [6, 6.07) is 0. The van der Waals surface area contributed by atoms with Crippen LogP contribution in [0.15, 0.2) is 17.9 Å². The quantitative estimate of drug-likeness (QED) is 0.594. The van der Waals surface area contributed by atoms with E-state index in [1.165, 1.54) is 0 Å². The topological polar surface area (TPSA) is 20.2 Å².